The number of benzene rings is 2. The molecule has 5 rings (SSSR count). The monoisotopic (exact) mass is 531 g/mol. The average molecular weight is 532 g/mol. The van der Waals surface area contributed by atoms with Gasteiger partial charge in [-0.3, -0.25) is 0 Å². The fourth-order valence-electron chi connectivity index (χ4n) is 4.00. The lowest BCUT2D eigenvalue weighted by atomic mass is 10.2. The van der Waals surface area contributed by atoms with Crippen molar-refractivity contribution in [1.29, 1.82) is 0 Å². The second kappa shape index (κ2) is 10.3. The van der Waals surface area contributed by atoms with Crippen molar-refractivity contribution < 1.29 is 22.3 Å². The molecule has 1 aliphatic rings. The van der Waals surface area contributed by atoms with E-state index in [-0.39, 0.29) is 37.2 Å². The molecule has 0 unspecified atom stereocenters. The maximum atomic E-state index is 14.9. The van der Waals surface area contributed by atoms with Gasteiger partial charge in [-0.25, -0.2) is 17.8 Å². The lowest BCUT2D eigenvalue weighted by Gasteiger charge is -2.16. The topological polar surface area (TPSA) is 109 Å². The zero-order chi connectivity index (χ0) is 24.6. The van der Waals surface area contributed by atoms with E-state index in [2.05, 4.69) is 20.3 Å². The van der Waals surface area contributed by atoms with Gasteiger partial charge in [-0.15, -0.1) is 0 Å². The second-order valence-electron chi connectivity index (χ2n) is 8.41. The second-order valence-corrected chi connectivity index (χ2v) is 10.4. The third kappa shape index (κ3) is 5.72. The number of ether oxygens (including phenoxy) is 2. The van der Waals surface area contributed by atoms with Crippen LogP contribution >= 0.6 is 13.5 Å². The maximum Gasteiger partial charge on any atom is 0.230 e. The summed E-state index contributed by atoms with van der Waals surface area (Å²) in [5.41, 5.74) is 2.23. The van der Waals surface area contributed by atoms with Crippen LogP contribution in [0.3, 0.4) is 0 Å². The Morgan fingerprint density at radius 3 is 2.81 bits per heavy atom. The summed E-state index contributed by atoms with van der Waals surface area (Å²) >= 11 is 0. The normalized spacial score (nSPS) is 16.0. The molecule has 190 valence electrons. The third-order valence-electron chi connectivity index (χ3n) is 5.65. The molecule has 36 heavy (non-hydrogen) atoms. The molecule has 1 fully saturated rings. The van der Waals surface area contributed by atoms with Gasteiger partial charge >= 0.3 is 0 Å². The number of anilines is 2. The molecule has 3 heterocycles. The Hall–Kier alpha value is -3.35. The number of hydrogen-bond acceptors (Lipinski definition) is 7. The number of sulfonamides is 1. The molecular weight excluding hydrogens is 505 g/mol. The number of H-pyrrole nitrogens is 1. The zero-order valence-corrected chi connectivity index (χ0v) is 21.5. The quantitative estimate of drug-likeness (QED) is 0.362. The Kier molecular flexibility index (Phi) is 7.38. The van der Waals surface area contributed by atoms with Gasteiger partial charge in [0.1, 0.15) is 11.9 Å². The van der Waals surface area contributed by atoms with Crippen LogP contribution in [0.1, 0.15) is 12.1 Å². The van der Waals surface area contributed by atoms with E-state index in [1.807, 2.05) is 19.1 Å². The number of nitrogens with one attached hydrogen (secondary N) is 2. The van der Waals surface area contributed by atoms with Gasteiger partial charge in [0.2, 0.25) is 21.9 Å². The number of hydrogen-bond donors (Lipinski definition) is 2. The molecule has 1 saturated heterocycles. The van der Waals surface area contributed by atoms with Gasteiger partial charge < -0.3 is 19.8 Å². The van der Waals surface area contributed by atoms with Gasteiger partial charge in [0, 0.05) is 47.2 Å². The molecule has 0 spiro atoms. The molecule has 12 heteroatoms. The van der Waals surface area contributed by atoms with Gasteiger partial charge in [0.05, 0.1) is 12.8 Å². The fourth-order valence-corrected chi connectivity index (χ4v) is 4.88. The summed E-state index contributed by atoms with van der Waals surface area (Å²) in [6, 6.07) is 13.8. The first-order valence-electron chi connectivity index (χ1n) is 11.0. The van der Waals surface area contributed by atoms with E-state index in [1.54, 1.807) is 36.4 Å². The molecule has 1 atom stereocenters. The highest BCUT2D eigenvalue weighted by atomic mass is 32.2. The molecule has 2 aromatic heterocycles. The van der Waals surface area contributed by atoms with E-state index in [0.29, 0.717) is 41.9 Å². The van der Waals surface area contributed by atoms with Crippen LogP contribution in [0.4, 0.5) is 16.0 Å². The highest BCUT2D eigenvalue weighted by Gasteiger charge is 2.29. The molecule has 0 saturated carbocycles. The third-order valence-corrected chi connectivity index (χ3v) is 6.92. The smallest absolute Gasteiger partial charge is 0.230 e. The summed E-state index contributed by atoms with van der Waals surface area (Å²) in [7, 11) is -3.23. The van der Waals surface area contributed by atoms with Crippen LogP contribution in [0.15, 0.2) is 54.7 Å². The summed E-state index contributed by atoms with van der Waals surface area (Å²) in [5.74, 6) is 0.650. The van der Waals surface area contributed by atoms with Gasteiger partial charge in [-0.1, -0.05) is 6.07 Å². The van der Waals surface area contributed by atoms with Gasteiger partial charge in [-0.05, 0) is 43.7 Å². The van der Waals surface area contributed by atoms with Crippen LogP contribution in [0, 0.1) is 12.7 Å². The highest BCUT2D eigenvalue weighted by Crippen LogP contribution is 2.30. The maximum absolute atomic E-state index is 14.9. The number of halogens is 1. The largest absolute Gasteiger partial charge is 0.489 e. The number of rotatable bonds is 7. The Bertz CT molecular complexity index is 1500. The van der Waals surface area contributed by atoms with Crippen molar-refractivity contribution in [1.82, 2.24) is 19.3 Å². The summed E-state index contributed by atoms with van der Waals surface area (Å²) < 4.78 is 51.4. The first kappa shape index (κ1) is 25.7. The minimum Gasteiger partial charge on any atom is -0.489 e. The number of nitrogens with zero attached hydrogens (tertiary/aromatic N) is 3. The molecule has 0 radical (unpaired) electrons. The molecule has 0 aliphatic carbocycles. The predicted molar refractivity (Wildman–Crippen MR) is 141 cm³/mol. The standard InChI is InChI=1S/C24H24FN5O4S.H2S/c1-15-12-19-20(27-15)6-7-21(23(19)25)34-22-8-10-26-24(29-22)28-16-4-3-5-17(13-16)33-18-9-11-30(14-18)35(2,31)32;/h3-8,10,12-13,18,27H,9,11,14H2,1-2H3,(H,26,28,29);1H2/t18-;/m0./s1. The summed E-state index contributed by atoms with van der Waals surface area (Å²) in [6.07, 6.45) is 3.12. The van der Waals surface area contributed by atoms with Gasteiger partial charge in [-0.2, -0.15) is 22.8 Å². The molecule has 2 N–H and O–H groups in total. The summed E-state index contributed by atoms with van der Waals surface area (Å²) in [5, 5.41) is 3.54. The molecule has 4 aromatic rings. The van der Waals surface area contributed by atoms with Crippen LogP contribution in [0.2, 0.25) is 0 Å². The van der Waals surface area contributed by atoms with Crippen molar-refractivity contribution in [3.63, 3.8) is 0 Å². The number of aromatic amines is 1. The van der Waals surface area contributed by atoms with E-state index < -0.39 is 15.8 Å². The SMILES string of the molecule is Cc1cc2c(F)c(Oc3ccnc(Nc4cccc(O[C@H]5CCN(S(C)(=O)=O)C5)c4)n3)ccc2[nH]1.S. The van der Waals surface area contributed by atoms with Crippen molar-refractivity contribution in [2.24, 2.45) is 0 Å². The molecule has 9 nitrogen and oxygen atoms in total. The van der Waals surface area contributed by atoms with Gasteiger partial charge in [0.15, 0.2) is 11.6 Å². The first-order chi connectivity index (χ1) is 16.7. The van der Waals surface area contributed by atoms with Crippen molar-refractivity contribution in [3.05, 3.63) is 66.2 Å². The van der Waals surface area contributed by atoms with Gasteiger partial charge in [0.25, 0.3) is 0 Å². The molecule has 0 amide bonds. The predicted octanol–water partition coefficient (Wildman–Crippen LogP) is 4.47. The number of fused-ring (bicyclic) bond motifs is 1. The number of aromatic nitrogens is 3. The lowest BCUT2D eigenvalue weighted by Crippen LogP contribution is -2.29. The van der Waals surface area contributed by atoms with Crippen LogP contribution in [0.25, 0.3) is 10.9 Å². The van der Waals surface area contributed by atoms with E-state index in [4.69, 9.17) is 9.47 Å². The van der Waals surface area contributed by atoms with Crippen molar-refractivity contribution in [2.45, 2.75) is 19.4 Å². The van der Waals surface area contributed by atoms with E-state index in [0.717, 1.165) is 5.69 Å². The first-order valence-corrected chi connectivity index (χ1v) is 12.9. The Labute approximate surface area is 215 Å². The molecule has 0 bridgehead atoms. The Morgan fingerprint density at radius 1 is 1.19 bits per heavy atom. The van der Waals surface area contributed by atoms with Crippen molar-refractivity contribution in [2.75, 3.05) is 24.7 Å². The zero-order valence-electron chi connectivity index (χ0n) is 19.7. The number of aryl methyl sites for hydroxylation is 1. The molecule has 2 aromatic carbocycles. The average Bonchev–Trinajstić information content (AvgIpc) is 3.43. The van der Waals surface area contributed by atoms with Crippen LogP contribution in [0.5, 0.6) is 17.4 Å². The highest BCUT2D eigenvalue weighted by molar-refractivity contribution is 7.88. The molecule has 1 aliphatic heterocycles. The van der Waals surface area contributed by atoms with E-state index in [9.17, 15) is 12.8 Å². The van der Waals surface area contributed by atoms with Crippen LogP contribution in [-0.2, 0) is 10.0 Å². The lowest BCUT2D eigenvalue weighted by molar-refractivity contribution is 0.216. The minimum atomic E-state index is -3.23. The fraction of sp³-hybridized carbons (Fsp3) is 0.250. The Morgan fingerprint density at radius 2 is 2.03 bits per heavy atom. The van der Waals surface area contributed by atoms with E-state index >= 15 is 0 Å². The summed E-state index contributed by atoms with van der Waals surface area (Å²) in [4.78, 5) is 11.6. The van der Waals surface area contributed by atoms with Crippen molar-refractivity contribution in [3.8, 4) is 17.4 Å². The van der Waals surface area contributed by atoms with Crippen LogP contribution in [-0.4, -0.2) is 53.1 Å². The Balaban J connectivity index is 0.00000304. The molecular formula is C24H26FN5O4S2. The van der Waals surface area contributed by atoms with Crippen LogP contribution < -0.4 is 14.8 Å². The van der Waals surface area contributed by atoms with Crippen molar-refractivity contribution >= 4 is 46.1 Å². The summed E-state index contributed by atoms with van der Waals surface area (Å²) in [6.45, 7) is 2.63. The minimum absolute atomic E-state index is 0. The van der Waals surface area contributed by atoms with E-state index in [1.165, 1.54) is 16.8 Å².